The molecule has 4 heteroatoms. The van der Waals surface area contributed by atoms with Gasteiger partial charge >= 0.3 is 0 Å². The SMILES string of the molecule is O=Nc1c[nH][nH+]c1. The molecular formula is C3H4N3O+. The minimum atomic E-state index is 0.389. The summed E-state index contributed by atoms with van der Waals surface area (Å²) in [6, 6.07) is 0. The number of hydrogen-bond acceptors (Lipinski definition) is 2. The number of aromatic amines is 2. The first-order chi connectivity index (χ1) is 3.43. The quantitative estimate of drug-likeness (QED) is 0.502. The summed E-state index contributed by atoms with van der Waals surface area (Å²) in [6.45, 7) is 0. The summed E-state index contributed by atoms with van der Waals surface area (Å²) in [5.41, 5.74) is 0.389. The lowest BCUT2D eigenvalue weighted by molar-refractivity contribution is -0.448. The maximum atomic E-state index is 9.58. The third kappa shape index (κ3) is 0.623. The Morgan fingerprint density at radius 1 is 1.86 bits per heavy atom. The molecule has 0 radical (unpaired) electrons. The number of nitrogens with one attached hydrogen (secondary N) is 2. The Morgan fingerprint density at radius 2 is 2.71 bits per heavy atom. The van der Waals surface area contributed by atoms with Crippen LogP contribution >= 0.6 is 0 Å². The predicted molar refractivity (Wildman–Crippen MR) is 22.8 cm³/mol. The molecule has 2 N–H and O–H groups in total. The van der Waals surface area contributed by atoms with Gasteiger partial charge in [-0.1, -0.05) is 0 Å². The van der Waals surface area contributed by atoms with Crippen molar-refractivity contribution in [2.24, 2.45) is 5.18 Å². The molecule has 1 aromatic heterocycles. The molecule has 1 aromatic rings. The first-order valence-electron chi connectivity index (χ1n) is 1.81. The largest absolute Gasteiger partial charge is 0.221 e. The number of nitrogens with zero attached hydrogens (tertiary/aromatic N) is 1. The Kier molecular flexibility index (Phi) is 0.856. The molecule has 0 saturated carbocycles. The van der Waals surface area contributed by atoms with Crippen LogP contribution in [0.25, 0.3) is 0 Å². The summed E-state index contributed by atoms with van der Waals surface area (Å²) < 4.78 is 0. The Labute approximate surface area is 39.5 Å². The highest BCUT2D eigenvalue weighted by Gasteiger charge is 1.90. The van der Waals surface area contributed by atoms with Gasteiger partial charge in [0.15, 0.2) is 5.69 Å². The average Bonchev–Trinajstić information content (AvgIpc) is 2.14. The van der Waals surface area contributed by atoms with Gasteiger partial charge in [0, 0.05) is 0 Å². The van der Waals surface area contributed by atoms with Gasteiger partial charge in [-0.05, 0) is 5.18 Å². The molecule has 0 saturated heterocycles. The van der Waals surface area contributed by atoms with Gasteiger partial charge in [0.2, 0.25) is 6.20 Å². The van der Waals surface area contributed by atoms with Crippen LogP contribution in [0, 0.1) is 4.91 Å². The molecule has 36 valence electrons. The Hall–Kier alpha value is -1.19. The van der Waals surface area contributed by atoms with E-state index in [2.05, 4.69) is 15.4 Å². The molecular weight excluding hydrogens is 94.1 g/mol. The van der Waals surface area contributed by atoms with Crippen molar-refractivity contribution in [3.63, 3.8) is 0 Å². The normalized spacial score (nSPS) is 8.57. The molecule has 0 aliphatic rings. The molecule has 1 heterocycles. The van der Waals surface area contributed by atoms with Gasteiger partial charge in [0.1, 0.15) is 0 Å². The highest BCUT2D eigenvalue weighted by Crippen LogP contribution is 2.00. The van der Waals surface area contributed by atoms with E-state index < -0.39 is 0 Å². The molecule has 0 aliphatic carbocycles. The van der Waals surface area contributed by atoms with E-state index in [4.69, 9.17) is 0 Å². The average molecular weight is 98.1 g/mol. The summed E-state index contributed by atoms with van der Waals surface area (Å²) in [7, 11) is 0. The van der Waals surface area contributed by atoms with Crippen molar-refractivity contribution in [3.8, 4) is 0 Å². The summed E-state index contributed by atoms with van der Waals surface area (Å²) in [6.07, 6.45) is 2.96. The zero-order valence-corrected chi connectivity index (χ0v) is 3.51. The van der Waals surface area contributed by atoms with E-state index in [0.29, 0.717) is 5.69 Å². The zero-order valence-electron chi connectivity index (χ0n) is 3.51. The Morgan fingerprint density at radius 3 is 3.00 bits per heavy atom. The lowest BCUT2D eigenvalue weighted by atomic mass is 10.6. The van der Waals surface area contributed by atoms with Gasteiger partial charge in [-0.15, -0.1) is 10.0 Å². The van der Waals surface area contributed by atoms with Gasteiger partial charge in [-0.3, -0.25) is 0 Å². The van der Waals surface area contributed by atoms with Crippen molar-refractivity contribution >= 4 is 5.69 Å². The molecule has 0 spiro atoms. The fraction of sp³-hybridized carbons (Fsp3) is 0. The molecule has 1 rings (SSSR count). The van der Waals surface area contributed by atoms with E-state index >= 15 is 0 Å². The van der Waals surface area contributed by atoms with Crippen molar-refractivity contribution in [3.05, 3.63) is 17.3 Å². The van der Waals surface area contributed by atoms with E-state index in [1.807, 2.05) is 0 Å². The lowest BCUT2D eigenvalue weighted by Crippen LogP contribution is -1.95. The maximum Gasteiger partial charge on any atom is 0.221 e. The number of rotatable bonds is 1. The Balaban J connectivity index is 2.96. The highest BCUT2D eigenvalue weighted by molar-refractivity contribution is 5.25. The minimum absolute atomic E-state index is 0.389. The van der Waals surface area contributed by atoms with Crippen molar-refractivity contribution in [2.45, 2.75) is 0 Å². The van der Waals surface area contributed by atoms with Crippen LogP contribution in [0.2, 0.25) is 0 Å². The predicted octanol–water partition coefficient (Wildman–Crippen LogP) is 0.227. The number of aromatic nitrogens is 2. The molecule has 0 atom stereocenters. The van der Waals surface area contributed by atoms with Crippen LogP contribution in [0.15, 0.2) is 17.6 Å². The summed E-state index contributed by atoms with van der Waals surface area (Å²) in [5.74, 6) is 0. The highest BCUT2D eigenvalue weighted by atomic mass is 16.3. The zero-order chi connectivity index (χ0) is 5.11. The van der Waals surface area contributed by atoms with E-state index in [0.717, 1.165) is 0 Å². The molecule has 0 aliphatic heterocycles. The monoisotopic (exact) mass is 98.0 g/mol. The van der Waals surface area contributed by atoms with Gasteiger partial charge in [0.25, 0.3) is 0 Å². The third-order valence-corrected chi connectivity index (χ3v) is 0.629. The van der Waals surface area contributed by atoms with Crippen LogP contribution in [0.4, 0.5) is 5.69 Å². The van der Waals surface area contributed by atoms with Crippen LogP contribution in [-0.2, 0) is 0 Å². The molecule has 0 unspecified atom stereocenters. The molecule has 4 nitrogen and oxygen atoms in total. The molecule has 7 heavy (non-hydrogen) atoms. The van der Waals surface area contributed by atoms with Crippen LogP contribution in [-0.4, -0.2) is 5.10 Å². The number of hydrogen-bond donors (Lipinski definition) is 1. The van der Waals surface area contributed by atoms with Crippen LogP contribution in [0.5, 0.6) is 0 Å². The van der Waals surface area contributed by atoms with Gasteiger partial charge < -0.3 is 0 Å². The van der Waals surface area contributed by atoms with Crippen LogP contribution < -0.4 is 5.10 Å². The number of H-pyrrole nitrogens is 2. The molecule has 0 bridgehead atoms. The summed E-state index contributed by atoms with van der Waals surface area (Å²) in [4.78, 5) is 9.58. The smallest absolute Gasteiger partial charge is 0.173 e. The van der Waals surface area contributed by atoms with E-state index in [9.17, 15) is 4.91 Å². The van der Waals surface area contributed by atoms with Gasteiger partial charge in [-0.25, -0.2) is 0 Å². The van der Waals surface area contributed by atoms with Crippen molar-refractivity contribution < 1.29 is 5.10 Å². The van der Waals surface area contributed by atoms with Crippen LogP contribution in [0.3, 0.4) is 0 Å². The van der Waals surface area contributed by atoms with Crippen molar-refractivity contribution in [1.82, 2.24) is 5.10 Å². The standard InChI is InChI=1S/C3H3N3O/c7-6-3-1-4-5-2-3/h1-2H,(H,4,5)/p+1. The lowest BCUT2D eigenvalue weighted by Gasteiger charge is -1.57. The van der Waals surface area contributed by atoms with Gasteiger partial charge in [0.05, 0.1) is 6.20 Å². The summed E-state index contributed by atoms with van der Waals surface area (Å²) in [5, 5.41) is 7.74. The molecule has 0 amide bonds. The molecule has 0 aromatic carbocycles. The fourth-order valence-electron chi connectivity index (χ4n) is 0.326. The third-order valence-electron chi connectivity index (χ3n) is 0.629. The van der Waals surface area contributed by atoms with Crippen LogP contribution in [0.1, 0.15) is 0 Å². The number of nitroso groups, excluding NO2 is 1. The van der Waals surface area contributed by atoms with Gasteiger partial charge in [-0.2, -0.15) is 5.10 Å². The van der Waals surface area contributed by atoms with Crippen molar-refractivity contribution in [1.29, 1.82) is 0 Å². The maximum absolute atomic E-state index is 9.58. The van der Waals surface area contributed by atoms with Crippen molar-refractivity contribution in [2.75, 3.05) is 0 Å². The first-order valence-corrected chi connectivity index (χ1v) is 1.81. The second kappa shape index (κ2) is 1.51. The van der Waals surface area contributed by atoms with E-state index in [1.165, 1.54) is 12.4 Å². The second-order valence-electron chi connectivity index (χ2n) is 1.09. The molecule has 0 fully saturated rings. The minimum Gasteiger partial charge on any atom is -0.173 e. The second-order valence-corrected chi connectivity index (χ2v) is 1.09. The first kappa shape index (κ1) is 3.98. The Bertz CT molecular complexity index is 145. The van der Waals surface area contributed by atoms with E-state index in [-0.39, 0.29) is 0 Å². The topological polar surface area (TPSA) is 59.4 Å². The van der Waals surface area contributed by atoms with E-state index in [1.54, 1.807) is 0 Å². The fourth-order valence-corrected chi connectivity index (χ4v) is 0.326. The summed E-state index contributed by atoms with van der Waals surface area (Å²) >= 11 is 0.